The van der Waals surface area contributed by atoms with Crippen LogP contribution in [0.25, 0.3) is 0 Å². The van der Waals surface area contributed by atoms with Gasteiger partial charge in [0.2, 0.25) is 0 Å². The van der Waals surface area contributed by atoms with Gasteiger partial charge >= 0.3 is 0 Å². The van der Waals surface area contributed by atoms with Crippen LogP contribution in [0.3, 0.4) is 0 Å². The van der Waals surface area contributed by atoms with Crippen LogP contribution in [0.1, 0.15) is 18.4 Å². The van der Waals surface area contributed by atoms with Gasteiger partial charge in [-0.3, -0.25) is 0 Å². The number of likely N-dealkylation sites (tertiary alicyclic amines) is 1. The molecule has 1 saturated heterocycles. The Morgan fingerprint density at radius 3 is 2.43 bits per heavy atom. The van der Waals surface area contributed by atoms with Crippen molar-refractivity contribution in [3.63, 3.8) is 0 Å². The molecule has 1 fully saturated rings. The maximum Gasteiger partial charge on any atom is 0.103 e. The highest BCUT2D eigenvalue weighted by Gasteiger charge is 2.19. The summed E-state index contributed by atoms with van der Waals surface area (Å²) in [5, 5.41) is 9.38. The summed E-state index contributed by atoms with van der Waals surface area (Å²) in [6, 6.07) is 10.6. The van der Waals surface area contributed by atoms with Gasteiger partial charge in [0.1, 0.15) is 6.54 Å². The van der Waals surface area contributed by atoms with Gasteiger partial charge in [0.25, 0.3) is 0 Å². The van der Waals surface area contributed by atoms with Gasteiger partial charge in [-0.25, -0.2) is 0 Å². The Morgan fingerprint density at radius 2 is 1.79 bits per heavy atom. The third-order valence-corrected chi connectivity index (χ3v) is 2.96. The standard InChI is InChI=1S/C12H17NO/c14-12-6-8-13(9-7-12)10-11-4-2-1-3-5-11/h1-5,12,14H,6-10H2/p+1. The molecule has 0 saturated carbocycles. The van der Waals surface area contributed by atoms with Crippen LogP contribution in [0.2, 0.25) is 0 Å². The monoisotopic (exact) mass is 192 g/mol. The quantitative estimate of drug-likeness (QED) is 0.688. The molecule has 0 spiro atoms. The molecule has 1 aliphatic heterocycles. The molecule has 0 amide bonds. The van der Waals surface area contributed by atoms with Crippen molar-refractivity contribution in [2.75, 3.05) is 13.1 Å². The van der Waals surface area contributed by atoms with E-state index >= 15 is 0 Å². The molecule has 1 aliphatic rings. The average Bonchev–Trinajstić information content (AvgIpc) is 2.23. The molecule has 2 rings (SSSR count). The predicted molar refractivity (Wildman–Crippen MR) is 56.1 cm³/mol. The van der Waals surface area contributed by atoms with Gasteiger partial charge in [-0.2, -0.15) is 0 Å². The lowest BCUT2D eigenvalue weighted by Crippen LogP contribution is -3.12. The summed E-state index contributed by atoms with van der Waals surface area (Å²) >= 11 is 0. The number of rotatable bonds is 2. The molecule has 2 nitrogen and oxygen atoms in total. The Morgan fingerprint density at radius 1 is 1.14 bits per heavy atom. The Hall–Kier alpha value is -0.860. The molecule has 2 N–H and O–H groups in total. The molecule has 2 heteroatoms. The summed E-state index contributed by atoms with van der Waals surface area (Å²) in [4.78, 5) is 1.60. The van der Waals surface area contributed by atoms with E-state index in [4.69, 9.17) is 0 Å². The molecule has 1 heterocycles. The van der Waals surface area contributed by atoms with Crippen molar-refractivity contribution in [1.29, 1.82) is 0 Å². The number of hydrogen-bond acceptors (Lipinski definition) is 1. The lowest BCUT2D eigenvalue weighted by atomic mass is 10.1. The SMILES string of the molecule is OC1CC[NH+](Cc2ccccc2)CC1. The number of aliphatic hydroxyl groups excluding tert-OH is 1. The van der Waals surface area contributed by atoms with Crippen molar-refractivity contribution < 1.29 is 10.0 Å². The first-order valence-electron chi connectivity index (χ1n) is 5.40. The Balaban J connectivity index is 1.87. The minimum Gasteiger partial charge on any atom is -0.393 e. The van der Waals surface area contributed by atoms with Crippen LogP contribution in [0.4, 0.5) is 0 Å². The Labute approximate surface area is 85.2 Å². The summed E-state index contributed by atoms with van der Waals surface area (Å²) in [6.07, 6.45) is 1.87. The molecule has 0 atom stereocenters. The summed E-state index contributed by atoms with van der Waals surface area (Å²) in [5.74, 6) is 0. The van der Waals surface area contributed by atoms with Crippen molar-refractivity contribution in [3.8, 4) is 0 Å². The van der Waals surface area contributed by atoms with Gasteiger partial charge in [-0.05, 0) is 0 Å². The zero-order valence-corrected chi connectivity index (χ0v) is 8.45. The van der Waals surface area contributed by atoms with Gasteiger partial charge in [-0.1, -0.05) is 30.3 Å². The molecule has 1 aromatic rings. The highest BCUT2D eigenvalue weighted by atomic mass is 16.3. The van der Waals surface area contributed by atoms with E-state index in [1.54, 1.807) is 4.90 Å². The fraction of sp³-hybridized carbons (Fsp3) is 0.500. The third kappa shape index (κ3) is 2.56. The van der Waals surface area contributed by atoms with E-state index in [1.165, 1.54) is 5.56 Å². The van der Waals surface area contributed by atoms with Crippen LogP contribution >= 0.6 is 0 Å². The number of nitrogens with one attached hydrogen (secondary N) is 1. The second-order valence-corrected chi connectivity index (χ2v) is 4.14. The fourth-order valence-corrected chi connectivity index (χ4v) is 2.07. The number of quaternary nitrogens is 1. The van der Waals surface area contributed by atoms with Crippen molar-refractivity contribution in [2.24, 2.45) is 0 Å². The second-order valence-electron chi connectivity index (χ2n) is 4.14. The number of hydrogen-bond donors (Lipinski definition) is 2. The third-order valence-electron chi connectivity index (χ3n) is 2.96. The van der Waals surface area contributed by atoms with Gasteiger partial charge < -0.3 is 10.0 Å². The maximum absolute atomic E-state index is 9.38. The van der Waals surface area contributed by atoms with Gasteiger partial charge in [0.15, 0.2) is 0 Å². The van der Waals surface area contributed by atoms with E-state index < -0.39 is 0 Å². The predicted octanol–water partition coefficient (Wildman–Crippen LogP) is 0.226. The minimum atomic E-state index is -0.0467. The molecular weight excluding hydrogens is 174 g/mol. The first kappa shape index (κ1) is 9.69. The first-order chi connectivity index (χ1) is 6.84. The van der Waals surface area contributed by atoms with E-state index in [2.05, 4.69) is 30.3 Å². The largest absolute Gasteiger partial charge is 0.393 e. The van der Waals surface area contributed by atoms with Crippen LogP contribution in [-0.4, -0.2) is 24.3 Å². The van der Waals surface area contributed by atoms with E-state index in [0.29, 0.717) is 0 Å². The van der Waals surface area contributed by atoms with Crippen LogP contribution in [0, 0.1) is 0 Å². The number of piperidine rings is 1. The number of aliphatic hydroxyl groups is 1. The normalized spacial score (nSPS) is 27.5. The summed E-state index contributed by atoms with van der Waals surface area (Å²) in [5.41, 5.74) is 1.40. The topological polar surface area (TPSA) is 24.7 Å². The zero-order chi connectivity index (χ0) is 9.80. The van der Waals surface area contributed by atoms with E-state index in [-0.39, 0.29) is 6.10 Å². The second kappa shape index (κ2) is 4.58. The van der Waals surface area contributed by atoms with Gasteiger partial charge in [0, 0.05) is 18.4 Å². The highest BCUT2D eigenvalue weighted by Crippen LogP contribution is 2.00. The van der Waals surface area contributed by atoms with E-state index in [1.807, 2.05) is 0 Å². The van der Waals surface area contributed by atoms with Crippen LogP contribution < -0.4 is 4.90 Å². The van der Waals surface area contributed by atoms with Gasteiger partial charge in [0.05, 0.1) is 19.2 Å². The maximum atomic E-state index is 9.38. The van der Waals surface area contributed by atoms with E-state index in [0.717, 1.165) is 32.5 Å². The molecule has 76 valence electrons. The summed E-state index contributed by atoms with van der Waals surface area (Å²) in [6.45, 7) is 3.32. The van der Waals surface area contributed by atoms with Crippen molar-refractivity contribution >= 4 is 0 Å². The first-order valence-corrected chi connectivity index (χ1v) is 5.40. The summed E-state index contributed by atoms with van der Waals surface area (Å²) < 4.78 is 0. The Bertz CT molecular complexity index is 265. The minimum absolute atomic E-state index is 0.0467. The summed E-state index contributed by atoms with van der Waals surface area (Å²) in [7, 11) is 0. The van der Waals surface area contributed by atoms with Crippen LogP contribution in [0.15, 0.2) is 30.3 Å². The lowest BCUT2D eigenvalue weighted by molar-refractivity contribution is -0.919. The lowest BCUT2D eigenvalue weighted by Gasteiger charge is -2.26. The molecule has 14 heavy (non-hydrogen) atoms. The molecule has 0 unspecified atom stereocenters. The van der Waals surface area contributed by atoms with Gasteiger partial charge in [-0.15, -0.1) is 0 Å². The number of benzene rings is 1. The average molecular weight is 192 g/mol. The molecular formula is C12H18NO+. The van der Waals surface area contributed by atoms with Crippen molar-refractivity contribution in [3.05, 3.63) is 35.9 Å². The van der Waals surface area contributed by atoms with Crippen LogP contribution in [0.5, 0.6) is 0 Å². The van der Waals surface area contributed by atoms with Crippen LogP contribution in [-0.2, 0) is 6.54 Å². The highest BCUT2D eigenvalue weighted by molar-refractivity contribution is 5.13. The van der Waals surface area contributed by atoms with Crippen molar-refractivity contribution in [2.45, 2.75) is 25.5 Å². The van der Waals surface area contributed by atoms with Crippen molar-refractivity contribution in [1.82, 2.24) is 0 Å². The zero-order valence-electron chi connectivity index (χ0n) is 8.45. The fourth-order valence-electron chi connectivity index (χ4n) is 2.07. The molecule has 0 radical (unpaired) electrons. The molecule has 0 aliphatic carbocycles. The van der Waals surface area contributed by atoms with E-state index in [9.17, 15) is 5.11 Å². The Kier molecular flexibility index (Phi) is 3.17. The molecule has 0 aromatic heterocycles. The smallest absolute Gasteiger partial charge is 0.103 e. The molecule has 1 aromatic carbocycles. The molecule has 0 bridgehead atoms.